The normalized spacial score (nSPS) is 23.7. The predicted octanol–water partition coefficient (Wildman–Crippen LogP) is 1.43. The Morgan fingerprint density at radius 1 is 1.42 bits per heavy atom. The molecule has 2 nitrogen and oxygen atoms in total. The summed E-state index contributed by atoms with van der Waals surface area (Å²) in [5, 5.41) is 9.63. The van der Waals surface area contributed by atoms with Crippen LogP contribution in [0.15, 0.2) is 24.3 Å². The second-order valence-corrected chi connectivity index (χ2v) is 3.23. The molecular weight excluding hydrogens is 152 g/mol. The molecule has 1 aromatic carbocycles. The van der Waals surface area contributed by atoms with Crippen LogP contribution in [0.25, 0.3) is 0 Å². The van der Waals surface area contributed by atoms with E-state index in [9.17, 15) is 5.11 Å². The first-order valence-electron chi connectivity index (χ1n) is 4.13. The van der Waals surface area contributed by atoms with Gasteiger partial charge in [-0.05, 0) is 12.5 Å². The highest BCUT2D eigenvalue weighted by Gasteiger charge is 2.32. The van der Waals surface area contributed by atoms with E-state index < -0.39 is 6.10 Å². The highest BCUT2D eigenvalue weighted by molar-refractivity contribution is 5.24. The first kappa shape index (κ1) is 7.77. The van der Waals surface area contributed by atoms with Crippen molar-refractivity contribution in [3.05, 3.63) is 35.4 Å². The van der Waals surface area contributed by atoms with Crippen LogP contribution in [-0.4, -0.2) is 17.8 Å². The zero-order chi connectivity index (χ0) is 8.55. The molecule has 2 atom stereocenters. The van der Waals surface area contributed by atoms with Gasteiger partial charge in [0.1, 0.15) is 12.2 Å². The summed E-state index contributed by atoms with van der Waals surface area (Å²) in [6.45, 7) is 2.72. The van der Waals surface area contributed by atoms with Gasteiger partial charge in [0.15, 0.2) is 0 Å². The second-order valence-electron chi connectivity index (χ2n) is 3.23. The van der Waals surface area contributed by atoms with Gasteiger partial charge >= 0.3 is 0 Å². The molecule has 1 fully saturated rings. The van der Waals surface area contributed by atoms with Crippen LogP contribution in [0.1, 0.15) is 17.2 Å². The number of rotatable bonds is 2. The van der Waals surface area contributed by atoms with Gasteiger partial charge < -0.3 is 9.84 Å². The molecule has 1 N–H and O–H groups in total. The molecule has 2 rings (SSSR count). The number of hydrogen-bond acceptors (Lipinski definition) is 2. The maximum Gasteiger partial charge on any atom is 0.111 e. The van der Waals surface area contributed by atoms with Gasteiger partial charge in [0, 0.05) is 0 Å². The van der Waals surface area contributed by atoms with Gasteiger partial charge in [0.05, 0.1) is 6.61 Å². The smallest absolute Gasteiger partial charge is 0.111 e. The van der Waals surface area contributed by atoms with Crippen molar-refractivity contribution in [2.24, 2.45) is 0 Å². The first-order chi connectivity index (χ1) is 5.77. The molecule has 1 heterocycles. The lowest BCUT2D eigenvalue weighted by Gasteiger charge is -2.06. The van der Waals surface area contributed by atoms with Crippen molar-refractivity contribution >= 4 is 0 Å². The van der Waals surface area contributed by atoms with E-state index in [4.69, 9.17) is 4.74 Å². The van der Waals surface area contributed by atoms with Crippen molar-refractivity contribution in [1.82, 2.24) is 0 Å². The summed E-state index contributed by atoms with van der Waals surface area (Å²) in [6, 6.07) is 7.89. The molecule has 1 aliphatic heterocycles. The van der Waals surface area contributed by atoms with Crippen LogP contribution in [0.4, 0.5) is 0 Å². The zero-order valence-electron chi connectivity index (χ0n) is 7.03. The Kier molecular flexibility index (Phi) is 1.87. The van der Waals surface area contributed by atoms with E-state index in [-0.39, 0.29) is 6.10 Å². The molecule has 64 valence electrons. The van der Waals surface area contributed by atoms with Crippen LogP contribution in [0.3, 0.4) is 0 Å². The fourth-order valence-electron chi connectivity index (χ4n) is 1.22. The zero-order valence-corrected chi connectivity index (χ0v) is 7.03. The van der Waals surface area contributed by atoms with E-state index in [2.05, 4.69) is 0 Å². The Balaban J connectivity index is 2.16. The van der Waals surface area contributed by atoms with Crippen molar-refractivity contribution < 1.29 is 9.84 Å². The number of aliphatic hydroxyl groups is 1. The third-order valence-corrected chi connectivity index (χ3v) is 2.13. The molecule has 1 aromatic rings. The standard InChI is InChI=1S/C10H12O2/c1-7-2-4-8(5-3-7)10(11)9-6-12-9/h2-5,9-11H,6H2,1H3/t9-,10?/m1/s1. The largest absolute Gasteiger partial charge is 0.386 e. The molecule has 1 unspecified atom stereocenters. The van der Waals surface area contributed by atoms with Crippen LogP contribution in [0.5, 0.6) is 0 Å². The van der Waals surface area contributed by atoms with Crippen molar-refractivity contribution in [2.75, 3.05) is 6.61 Å². The first-order valence-corrected chi connectivity index (χ1v) is 4.13. The highest BCUT2D eigenvalue weighted by atomic mass is 16.6. The summed E-state index contributed by atoms with van der Waals surface area (Å²) in [6.07, 6.45) is -0.404. The van der Waals surface area contributed by atoms with Gasteiger partial charge in [0.25, 0.3) is 0 Å². The minimum absolute atomic E-state index is 0.0349. The summed E-state index contributed by atoms with van der Waals surface area (Å²) in [7, 11) is 0. The second kappa shape index (κ2) is 2.88. The van der Waals surface area contributed by atoms with Gasteiger partial charge in [0.2, 0.25) is 0 Å². The Bertz CT molecular complexity index is 262. The van der Waals surface area contributed by atoms with Gasteiger partial charge in [-0.25, -0.2) is 0 Å². The quantitative estimate of drug-likeness (QED) is 0.671. The third-order valence-electron chi connectivity index (χ3n) is 2.13. The fraction of sp³-hybridized carbons (Fsp3) is 0.400. The molecule has 0 bridgehead atoms. The van der Waals surface area contributed by atoms with Crippen molar-refractivity contribution in [1.29, 1.82) is 0 Å². The fourth-order valence-corrected chi connectivity index (χ4v) is 1.22. The van der Waals surface area contributed by atoms with Crippen LogP contribution < -0.4 is 0 Å². The molecule has 1 aliphatic rings. The summed E-state index contributed by atoms with van der Waals surface area (Å²) in [4.78, 5) is 0. The van der Waals surface area contributed by atoms with Gasteiger partial charge in [-0.1, -0.05) is 29.8 Å². The molecular formula is C10H12O2. The van der Waals surface area contributed by atoms with Crippen molar-refractivity contribution in [2.45, 2.75) is 19.1 Å². The number of hydrogen-bond donors (Lipinski definition) is 1. The van der Waals surface area contributed by atoms with E-state index in [0.29, 0.717) is 6.61 Å². The number of epoxide rings is 1. The van der Waals surface area contributed by atoms with Crippen molar-refractivity contribution in [3.8, 4) is 0 Å². The summed E-state index contributed by atoms with van der Waals surface area (Å²) in [5.41, 5.74) is 2.16. The Hall–Kier alpha value is -0.860. The van der Waals surface area contributed by atoms with Crippen LogP contribution in [0.2, 0.25) is 0 Å². The lowest BCUT2D eigenvalue weighted by atomic mass is 10.1. The topological polar surface area (TPSA) is 32.8 Å². The van der Waals surface area contributed by atoms with E-state index >= 15 is 0 Å². The number of aliphatic hydroxyl groups excluding tert-OH is 1. The maximum absolute atomic E-state index is 9.63. The Morgan fingerprint density at radius 3 is 2.50 bits per heavy atom. The monoisotopic (exact) mass is 164 g/mol. The predicted molar refractivity (Wildman–Crippen MR) is 45.9 cm³/mol. The van der Waals surface area contributed by atoms with Crippen molar-refractivity contribution in [3.63, 3.8) is 0 Å². The van der Waals surface area contributed by atoms with E-state index in [1.165, 1.54) is 5.56 Å². The van der Waals surface area contributed by atoms with Crippen LogP contribution in [-0.2, 0) is 4.74 Å². The van der Waals surface area contributed by atoms with E-state index in [1.54, 1.807) is 0 Å². The molecule has 0 spiro atoms. The van der Waals surface area contributed by atoms with E-state index in [1.807, 2.05) is 31.2 Å². The minimum Gasteiger partial charge on any atom is -0.386 e. The lowest BCUT2D eigenvalue weighted by molar-refractivity contribution is 0.137. The van der Waals surface area contributed by atoms with Gasteiger partial charge in [-0.15, -0.1) is 0 Å². The maximum atomic E-state index is 9.63. The van der Waals surface area contributed by atoms with Crippen LogP contribution >= 0.6 is 0 Å². The van der Waals surface area contributed by atoms with E-state index in [0.717, 1.165) is 5.56 Å². The molecule has 0 amide bonds. The Morgan fingerprint density at radius 2 is 2.00 bits per heavy atom. The minimum atomic E-state index is -0.439. The average molecular weight is 164 g/mol. The van der Waals surface area contributed by atoms with Gasteiger partial charge in [-0.3, -0.25) is 0 Å². The lowest BCUT2D eigenvalue weighted by Crippen LogP contribution is -2.04. The number of ether oxygens (including phenoxy) is 1. The summed E-state index contributed by atoms with van der Waals surface area (Å²) in [5.74, 6) is 0. The molecule has 1 saturated heterocycles. The highest BCUT2D eigenvalue weighted by Crippen LogP contribution is 2.27. The molecule has 0 aromatic heterocycles. The van der Waals surface area contributed by atoms with Crippen LogP contribution in [0, 0.1) is 6.92 Å². The Labute approximate surface area is 71.8 Å². The number of benzene rings is 1. The number of aryl methyl sites for hydroxylation is 1. The molecule has 2 heteroatoms. The summed E-state index contributed by atoms with van der Waals surface area (Å²) < 4.78 is 5.00. The third kappa shape index (κ3) is 1.49. The molecule has 12 heavy (non-hydrogen) atoms. The molecule has 0 saturated carbocycles. The SMILES string of the molecule is Cc1ccc(C(O)[C@H]2CO2)cc1. The average Bonchev–Trinajstić information content (AvgIpc) is 2.87. The molecule has 0 aliphatic carbocycles. The van der Waals surface area contributed by atoms with Gasteiger partial charge in [-0.2, -0.15) is 0 Å². The summed E-state index contributed by atoms with van der Waals surface area (Å²) >= 11 is 0. The molecule has 0 radical (unpaired) electrons.